The highest BCUT2D eigenvalue weighted by Gasteiger charge is 2.15. The molecule has 122 valence electrons. The molecule has 2 unspecified atom stereocenters. The maximum absolute atomic E-state index is 13.4. The van der Waals surface area contributed by atoms with Crippen LogP contribution in [0, 0.1) is 17.8 Å². The van der Waals surface area contributed by atoms with E-state index >= 15 is 0 Å². The van der Waals surface area contributed by atoms with Crippen molar-refractivity contribution in [3.63, 3.8) is 0 Å². The predicted octanol–water partition coefficient (Wildman–Crippen LogP) is 7.17. The lowest BCUT2D eigenvalue weighted by atomic mass is 9.91. The lowest BCUT2D eigenvalue weighted by molar-refractivity contribution is 0.192. The van der Waals surface area contributed by atoms with Gasteiger partial charge in [0.25, 0.3) is 0 Å². The summed E-state index contributed by atoms with van der Waals surface area (Å²) in [6.07, 6.45) is 11.1. The molecule has 0 aliphatic heterocycles. The minimum absolute atomic E-state index is 0.711. The molecule has 0 aromatic rings. The van der Waals surface area contributed by atoms with E-state index in [-0.39, 0.29) is 0 Å². The topological polar surface area (TPSA) is 0 Å². The van der Waals surface area contributed by atoms with Crippen molar-refractivity contribution >= 4 is 0 Å². The van der Waals surface area contributed by atoms with Crippen LogP contribution >= 0.6 is 0 Å². The predicted molar refractivity (Wildman–Crippen MR) is 89.9 cm³/mol. The minimum atomic E-state index is -0.981. The summed E-state index contributed by atoms with van der Waals surface area (Å²) >= 11 is 0. The summed E-state index contributed by atoms with van der Waals surface area (Å²) in [5.41, 5.74) is -0.981. The monoisotopic (exact) mass is 286 g/mol. The van der Waals surface area contributed by atoms with Gasteiger partial charge in [-0.1, -0.05) is 79.1 Å². The van der Waals surface area contributed by atoms with E-state index in [2.05, 4.69) is 27.7 Å². The minimum Gasteiger partial charge on any atom is -0.245 e. The molecule has 1 heteroatoms. The zero-order valence-electron chi connectivity index (χ0n) is 15.0. The van der Waals surface area contributed by atoms with E-state index in [1.165, 1.54) is 44.9 Å². The van der Waals surface area contributed by atoms with Crippen LogP contribution in [0.15, 0.2) is 0 Å². The van der Waals surface area contributed by atoms with Crippen LogP contribution in [0.3, 0.4) is 0 Å². The zero-order chi connectivity index (χ0) is 15.6. The maximum Gasteiger partial charge on any atom is 0.105 e. The van der Waals surface area contributed by atoms with Crippen molar-refractivity contribution in [2.75, 3.05) is 0 Å². The molecule has 0 saturated carbocycles. The fraction of sp³-hybridized carbons (Fsp3) is 1.00. The average Bonchev–Trinajstić information content (AvgIpc) is 2.26. The van der Waals surface area contributed by atoms with Gasteiger partial charge in [-0.05, 0) is 38.0 Å². The Labute approximate surface area is 127 Å². The van der Waals surface area contributed by atoms with Gasteiger partial charge in [-0.3, -0.25) is 0 Å². The standard InChI is InChI=1S/C19H39F/c1-16(2)10-7-11-17(3)12-8-13-18(4)14-9-15-19(5,6)20/h16-18H,7-15H2,1-6H3. The third kappa shape index (κ3) is 14.3. The molecule has 0 N–H and O–H groups in total. The van der Waals surface area contributed by atoms with Crippen LogP contribution in [0.2, 0.25) is 0 Å². The van der Waals surface area contributed by atoms with Gasteiger partial charge in [0.1, 0.15) is 5.67 Å². The number of halogens is 1. The van der Waals surface area contributed by atoms with Crippen molar-refractivity contribution in [3.8, 4) is 0 Å². The quantitative estimate of drug-likeness (QED) is 0.356. The van der Waals surface area contributed by atoms with Gasteiger partial charge in [0.05, 0.1) is 0 Å². The molecule has 0 saturated heterocycles. The Hall–Kier alpha value is -0.0700. The molecule has 0 aromatic heterocycles. The smallest absolute Gasteiger partial charge is 0.105 e. The van der Waals surface area contributed by atoms with Gasteiger partial charge in [0, 0.05) is 0 Å². The third-order valence-electron chi connectivity index (χ3n) is 4.34. The van der Waals surface area contributed by atoms with Gasteiger partial charge >= 0.3 is 0 Å². The summed E-state index contributed by atoms with van der Waals surface area (Å²) in [5, 5.41) is 0. The second-order valence-corrected chi connectivity index (χ2v) is 8.08. The van der Waals surface area contributed by atoms with E-state index in [9.17, 15) is 4.39 Å². The Kier molecular flexibility index (Phi) is 10.6. The first-order valence-electron chi connectivity index (χ1n) is 8.89. The van der Waals surface area contributed by atoms with Crippen molar-refractivity contribution in [1.29, 1.82) is 0 Å². The third-order valence-corrected chi connectivity index (χ3v) is 4.34. The lowest BCUT2D eigenvalue weighted by Crippen LogP contribution is -2.11. The van der Waals surface area contributed by atoms with Crippen LogP contribution in [-0.4, -0.2) is 5.67 Å². The Morgan fingerprint density at radius 2 is 1.10 bits per heavy atom. The van der Waals surface area contributed by atoms with Crippen LogP contribution in [0.4, 0.5) is 4.39 Å². The average molecular weight is 287 g/mol. The SMILES string of the molecule is CC(C)CCCC(C)CCCC(C)CCCC(C)(C)F. The molecule has 0 aliphatic carbocycles. The molecule has 2 atom stereocenters. The normalized spacial score (nSPS) is 15.6. The summed E-state index contributed by atoms with van der Waals surface area (Å²) in [7, 11) is 0. The van der Waals surface area contributed by atoms with E-state index in [0.29, 0.717) is 6.42 Å². The molecule has 0 amide bonds. The highest BCUT2D eigenvalue weighted by Crippen LogP contribution is 2.23. The van der Waals surface area contributed by atoms with Crippen molar-refractivity contribution in [2.45, 2.75) is 105 Å². The van der Waals surface area contributed by atoms with E-state index in [1.54, 1.807) is 13.8 Å². The molecule has 0 fully saturated rings. The Balaban J connectivity index is 3.48. The van der Waals surface area contributed by atoms with Crippen LogP contribution in [-0.2, 0) is 0 Å². The summed E-state index contributed by atoms with van der Waals surface area (Å²) in [6.45, 7) is 12.7. The summed E-state index contributed by atoms with van der Waals surface area (Å²) in [6, 6.07) is 0. The van der Waals surface area contributed by atoms with E-state index < -0.39 is 5.67 Å². The molecule has 0 heterocycles. The second-order valence-electron chi connectivity index (χ2n) is 8.08. The van der Waals surface area contributed by atoms with Crippen molar-refractivity contribution in [1.82, 2.24) is 0 Å². The summed E-state index contributed by atoms with van der Waals surface area (Å²) < 4.78 is 13.4. The molecule has 0 nitrogen and oxygen atoms in total. The molecule has 0 aromatic carbocycles. The van der Waals surface area contributed by atoms with Gasteiger partial charge in [0.15, 0.2) is 0 Å². The summed E-state index contributed by atoms with van der Waals surface area (Å²) in [4.78, 5) is 0. The zero-order valence-corrected chi connectivity index (χ0v) is 15.0. The second kappa shape index (κ2) is 10.6. The largest absolute Gasteiger partial charge is 0.245 e. The van der Waals surface area contributed by atoms with Gasteiger partial charge in [0.2, 0.25) is 0 Å². The fourth-order valence-electron chi connectivity index (χ4n) is 2.85. The summed E-state index contributed by atoms with van der Waals surface area (Å²) in [5.74, 6) is 2.49. The highest BCUT2D eigenvalue weighted by atomic mass is 19.1. The molecule has 20 heavy (non-hydrogen) atoms. The van der Waals surface area contributed by atoms with Crippen molar-refractivity contribution < 1.29 is 4.39 Å². The molecule has 0 aliphatic rings. The molecular weight excluding hydrogens is 247 g/mol. The van der Waals surface area contributed by atoms with Crippen LogP contribution in [0.1, 0.15) is 99.3 Å². The van der Waals surface area contributed by atoms with Crippen molar-refractivity contribution in [3.05, 3.63) is 0 Å². The molecular formula is C19H39F. The number of rotatable bonds is 12. The van der Waals surface area contributed by atoms with Gasteiger partial charge in [-0.25, -0.2) is 4.39 Å². The first kappa shape index (κ1) is 19.9. The molecule has 0 bridgehead atoms. The first-order valence-corrected chi connectivity index (χ1v) is 8.89. The van der Waals surface area contributed by atoms with E-state index in [1.807, 2.05) is 0 Å². The fourth-order valence-corrected chi connectivity index (χ4v) is 2.85. The van der Waals surface area contributed by atoms with Crippen LogP contribution < -0.4 is 0 Å². The molecule has 0 radical (unpaired) electrons. The lowest BCUT2D eigenvalue weighted by Gasteiger charge is -2.17. The van der Waals surface area contributed by atoms with Gasteiger partial charge in [-0.15, -0.1) is 0 Å². The van der Waals surface area contributed by atoms with Crippen LogP contribution in [0.25, 0.3) is 0 Å². The Morgan fingerprint density at radius 1 is 0.700 bits per heavy atom. The van der Waals surface area contributed by atoms with Gasteiger partial charge in [-0.2, -0.15) is 0 Å². The Bertz CT molecular complexity index is 214. The van der Waals surface area contributed by atoms with E-state index in [4.69, 9.17) is 0 Å². The first-order chi connectivity index (χ1) is 9.20. The van der Waals surface area contributed by atoms with Gasteiger partial charge < -0.3 is 0 Å². The van der Waals surface area contributed by atoms with E-state index in [0.717, 1.165) is 24.2 Å². The van der Waals surface area contributed by atoms with Crippen molar-refractivity contribution in [2.24, 2.45) is 17.8 Å². The number of hydrogen-bond acceptors (Lipinski definition) is 0. The molecule has 0 spiro atoms. The number of hydrogen-bond donors (Lipinski definition) is 0. The molecule has 0 rings (SSSR count). The number of alkyl halides is 1. The van der Waals surface area contributed by atoms with Crippen LogP contribution in [0.5, 0.6) is 0 Å². The highest BCUT2D eigenvalue weighted by molar-refractivity contribution is 4.67. The Morgan fingerprint density at radius 3 is 1.50 bits per heavy atom. The maximum atomic E-state index is 13.4.